The first kappa shape index (κ1) is 19.7. The second-order valence-electron chi connectivity index (χ2n) is 7.16. The van der Waals surface area contributed by atoms with E-state index in [1.165, 1.54) is 18.2 Å². The van der Waals surface area contributed by atoms with Gasteiger partial charge < -0.3 is 19.7 Å². The molecule has 2 aliphatic heterocycles. The summed E-state index contributed by atoms with van der Waals surface area (Å²) in [6.07, 6.45) is -3.96. The number of methoxy groups -OCH3 is 1. The van der Waals surface area contributed by atoms with Gasteiger partial charge in [-0.05, 0) is 24.6 Å². The van der Waals surface area contributed by atoms with Crippen molar-refractivity contribution in [3.05, 3.63) is 47.7 Å². The molecule has 154 valence electrons. The predicted octanol–water partition coefficient (Wildman–Crippen LogP) is 2.98. The highest BCUT2D eigenvalue weighted by atomic mass is 19.4. The molecule has 4 rings (SSSR count). The fourth-order valence-electron chi connectivity index (χ4n) is 3.86. The number of carbonyl (C=O) groups is 1. The highest BCUT2D eigenvalue weighted by molar-refractivity contribution is 5.97. The number of pyridine rings is 1. The van der Waals surface area contributed by atoms with Crippen molar-refractivity contribution in [2.45, 2.75) is 31.4 Å². The van der Waals surface area contributed by atoms with Gasteiger partial charge in [-0.25, -0.2) is 4.98 Å². The summed E-state index contributed by atoms with van der Waals surface area (Å²) in [6, 6.07) is 9.36. The summed E-state index contributed by atoms with van der Waals surface area (Å²) in [4.78, 5) is 19.2. The van der Waals surface area contributed by atoms with Crippen molar-refractivity contribution in [2.24, 2.45) is 0 Å². The topological polar surface area (TPSA) is 63.7 Å². The average Bonchev–Trinajstić information content (AvgIpc) is 3.25. The molecule has 1 saturated heterocycles. The molecule has 0 spiro atoms. The van der Waals surface area contributed by atoms with E-state index in [0.717, 1.165) is 12.0 Å². The van der Waals surface area contributed by atoms with Crippen molar-refractivity contribution in [3.8, 4) is 17.0 Å². The van der Waals surface area contributed by atoms with Crippen LogP contribution >= 0.6 is 0 Å². The molecule has 6 nitrogen and oxygen atoms in total. The van der Waals surface area contributed by atoms with Crippen molar-refractivity contribution in [1.82, 2.24) is 15.2 Å². The molecule has 0 radical (unpaired) electrons. The second-order valence-corrected chi connectivity index (χ2v) is 7.16. The molecule has 2 aliphatic rings. The van der Waals surface area contributed by atoms with Gasteiger partial charge in [-0.1, -0.05) is 18.2 Å². The van der Waals surface area contributed by atoms with Gasteiger partial charge in [0.25, 0.3) is 5.91 Å². The van der Waals surface area contributed by atoms with Crippen LogP contribution in [0.25, 0.3) is 11.3 Å². The molecule has 1 N–H and O–H groups in total. The highest BCUT2D eigenvalue weighted by Crippen LogP contribution is 2.31. The molecule has 3 heterocycles. The van der Waals surface area contributed by atoms with Crippen LogP contribution < -0.4 is 10.1 Å². The number of amides is 1. The zero-order valence-electron chi connectivity index (χ0n) is 15.7. The first-order valence-electron chi connectivity index (χ1n) is 9.23. The maximum Gasteiger partial charge on any atom is 0.573 e. The largest absolute Gasteiger partial charge is 0.573 e. The Hall–Kier alpha value is -2.65. The number of rotatable bonds is 5. The molecule has 0 saturated carbocycles. The molecule has 9 heteroatoms. The summed E-state index contributed by atoms with van der Waals surface area (Å²) >= 11 is 0. The molecule has 1 amide bonds. The lowest BCUT2D eigenvalue weighted by atomic mass is 10.1. The van der Waals surface area contributed by atoms with E-state index < -0.39 is 6.36 Å². The van der Waals surface area contributed by atoms with Crippen molar-refractivity contribution in [1.29, 1.82) is 0 Å². The maximum atomic E-state index is 12.9. The third-order valence-electron chi connectivity index (χ3n) is 5.15. The number of hydrogen-bond acceptors (Lipinski definition) is 5. The number of hydrogen-bond donors (Lipinski definition) is 1. The number of fused-ring (bicyclic) bond motifs is 1. The molecule has 29 heavy (non-hydrogen) atoms. The number of aromatic nitrogens is 1. The molecule has 1 aromatic carbocycles. The van der Waals surface area contributed by atoms with E-state index in [1.54, 1.807) is 24.1 Å². The average molecular weight is 407 g/mol. The fourth-order valence-corrected chi connectivity index (χ4v) is 3.86. The zero-order valence-corrected chi connectivity index (χ0v) is 15.7. The van der Waals surface area contributed by atoms with Crippen LogP contribution in [0.3, 0.4) is 0 Å². The Kier molecular flexibility index (Phi) is 5.18. The highest BCUT2D eigenvalue weighted by Gasteiger charge is 2.38. The third-order valence-corrected chi connectivity index (χ3v) is 5.15. The number of nitrogens with one attached hydrogen (secondary N) is 1. The van der Waals surface area contributed by atoms with Crippen LogP contribution in [0.4, 0.5) is 13.2 Å². The van der Waals surface area contributed by atoms with Gasteiger partial charge >= 0.3 is 6.36 Å². The maximum absolute atomic E-state index is 12.9. The number of alkyl halides is 3. The standard InChI is InChI=1S/C20H20F3N3O3/c1-28-11-14-8-15(9-24-14)26-10-13-5-6-17(25-18(13)19(26)27)12-3-2-4-16(7-12)29-20(21,22)23/h2-7,14-15,24H,8-11H2,1H3/t14-,15+/m0/s1. The molecule has 0 bridgehead atoms. The van der Waals surface area contributed by atoms with E-state index >= 15 is 0 Å². The van der Waals surface area contributed by atoms with Gasteiger partial charge in [0, 0.05) is 43.4 Å². The monoisotopic (exact) mass is 407 g/mol. The van der Waals surface area contributed by atoms with Crippen LogP contribution in [0.1, 0.15) is 22.5 Å². The number of ether oxygens (including phenoxy) is 2. The van der Waals surface area contributed by atoms with Gasteiger partial charge in [0.1, 0.15) is 11.4 Å². The Morgan fingerprint density at radius 3 is 2.86 bits per heavy atom. The summed E-state index contributed by atoms with van der Waals surface area (Å²) in [6.45, 7) is 1.76. The zero-order chi connectivity index (χ0) is 20.6. The predicted molar refractivity (Wildman–Crippen MR) is 98.3 cm³/mol. The van der Waals surface area contributed by atoms with Crippen molar-refractivity contribution >= 4 is 5.91 Å². The summed E-state index contributed by atoms with van der Waals surface area (Å²) in [5, 5.41) is 3.35. The van der Waals surface area contributed by atoms with Gasteiger partial charge in [0.05, 0.1) is 12.3 Å². The van der Waals surface area contributed by atoms with E-state index in [2.05, 4.69) is 15.0 Å². The summed E-state index contributed by atoms with van der Waals surface area (Å²) in [5.41, 5.74) is 2.04. The van der Waals surface area contributed by atoms with Crippen LogP contribution in [0.15, 0.2) is 36.4 Å². The second kappa shape index (κ2) is 7.64. The SMILES string of the molecule is COC[C@@H]1C[C@@H](N2Cc3ccc(-c4cccc(OC(F)(F)F)c4)nc3C2=O)CN1. The fraction of sp³-hybridized carbons (Fsp3) is 0.400. The Balaban J connectivity index is 1.54. The summed E-state index contributed by atoms with van der Waals surface area (Å²) in [7, 11) is 1.64. The van der Waals surface area contributed by atoms with Crippen LogP contribution in [0, 0.1) is 0 Å². The van der Waals surface area contributed by atoms with Crippen LogP contribution in [-0.2, 0) is 11.3 Å². The van der Waals surface area contributed by atoms with Gasteiger partial charge in [-0.3, -0.25) is 4.79 Å². The molecule has 2 aromatic rings. The molecule has 1 aromatic heterocycles. The smallest absolute Gasteiger partial charge is 0.406 e. The molecule has 1 fully saturated rings. The number of carbonyl (C=O) groups excluding carboxylic acids is 1. The van der Waals surface area contributed by atoms with Crippen molar-refractivity contribution in [3.63, 3.8) is 0 Å². The molecule has 0 unspecified atom stereocenters. The van der Waals surface area contributed by atoms with Crippen LogP contribution in [0.2, 0.25) is 0 Å². The first-order valence-corrected chi connectivity index (χ1v) is 9.23. The van der Waals surface area contributed by atoms with Crippen molar-refractivity contribution < 1.29 is 27.4 Å². The van der Waals surface area contributed by atoms with E-state index in [1.807, 2.05) is 6.07 Å². The van der Waals surface area contributed by atoms with Gasteiger partial charge in [-0.15, -0.1) is 13.2 Å². The van der Waals surface area contributed by atoms with Crippen LogP contribution in [-0.4, -0.2) is 54.5 Å². The minimum absolute atomic E-state index is 0.0591. The molecular weight excluding hydrogens is 387 g/mol. The number of nitrogens with zero attached hydrogens (tertiary/aromatic N) is 2. The summed E-state index contributed by atoms with van der Waals surface area (Å²) < 4.78 is 46.6. The summed E-state index contributed by atoms with van der Waals surface area (Å²) in [5.74, 6) is -0.485. The molecule has 2 atom stereocenters. The lowest BCUT2D eigenvalue weighted by Gasteiger charge is -2.22. The van der Waals surface area contributed by atoms with E-state index in [-0.39, 0.29) is 23.7 Å². The Bertz CT molecular complexity index is 919. The minimum atomic E-state index is -4.77. The quantitative estimate of drug-likeness (QED) is 0.826. The Morgan fingerprint density at radius 2 is 2.10 bits per heavy atom. The van der Waals surface area contributed by atoms with Gasteiger partial charge in [0.2, 0.25) is 0 Å². The number of benzene rings is 1. The van der Waals surface area contributed by atoms with E-state index in [9.17, 15) is 18.0 Å². The third kappa shape index (κ3) is 4.20. The number of halogens is 3. The normalized spacial score (nSPS) is 21.5. The Labute approximate surface area is 165 Å². The lowest BCUT2D eigenvalue weighted by molar-refractivity contribution is -0.274. The Morgan fingerprint density at radius 1 is 1.28 bits per heavy atom. The first-order chi connectivity index (χ1) is 13.8. The van der Waals surface area contributed by atoms with Crippen LogP contribution in [0.5, 0.6) is 5.75 Å². The van der Waals surface area contributed by atoms with Gasteiger partial charge in [-0.2, -0.15) is 0 Å². The van der Waals surface area contributed by atoms with Crippen molar-refractivity contribution in [2.75, 3.05) is 20.3 Å². The molecule has 0 aliphatic carbocycles. The lowest BCUT2D eigenvalue weighted by Crippen LogP contribution is -2.37. The van der Waals surface area contributed by atoms with E-state index in [4.69, 9.17) is 4.74 Å². The minimum Gasteiger partial charge on any atom is -0.406 e. The van der Waals surface area contributed by atoms with Gasteiger partial charge in [0.15, 0.2) is 0 Å². The molecular formula is C20H20F3N3O3. The van der Waals surface area contributed by atoms with E-state index in [0.29, 0.717) is 36.6 Å².